The summed E-state index contributed by atoms with van der Waals surface area (Å²) in [6, 6.07) is 12.1. The minimum absolute atomic E-state index is 0. The summed E-state index contributed by atoms with van der Waals surface area (Å²) in [5, 5.41) is 0.763. The molecule has 150 valence electrons. The molecule has 0 radical (unpaired) electrons. The van der Waals surface area contributed by atoms with Crippen LogP contribution in [0, 0.1) is 13.8 Å². The maximum atomic E-state index is 13.3. The van der Waals surface area contributed by atoms with E-state index in [9.17, 15) is 4.79 Å². The highest BCUT2D eigenvalue weighted by Crippen LogP contribution is 2.32. The molecule has 0 atom stereocenters. The molecule has 0 aliphatic heterocycles. The van der Waals surface area contributed by atoms with Gasteiger partial charge < -0.3 is 4.90 Å². The Kier molecular flexibility index (Phi) is 7.89. The van der Waals surface area contributed by atoms with E-state index < -0.39 is 0 Å². The number of hydrogen-bond acceptors (Lipinski definition) is 5. The number of rotatable bonds is 6. The van der Waals surface area contributed by atoms with Crippen molar-refractivity contribution in [2.24, 2.45) is 0 Å². The zero-order valence-corrected chi connectivity index (χ0v) is 19.3. The van der Waals surface area contributed by atoms with E-state index in [1.165, 1.54) is 5.56 Å². The number of fused-ring (bicyclic) bond motifs is 1. The van der Waals surface area contributed by atoms with Crippen molar-refractivity contribution in [2.75, 3.05) is 38.3 Å². The number of benzene rings is 2. The molecule has 1 heterocycles. The molecule has 0 bridgehead atoms. The number of halogens is 1. The second kappa shape index (κ2) is 9.74. The van der Waals surface area contributed by atoms with Gasteiger partial charge in [0.2, 0.25) is 0 Å². The van der Waals surface area contributed by atoms with E-state index in [0.29, 0.717) is 12.1 Å². The van der Waals surface area contributed by atoms with E-state index in [1.807, 2.05) is 49.5 Å². The van der Waals surface area contributed by atoms with E-state index in [2.05, 4.69) is 30.9 Å². The Morgan fingerprint density at radius 1 is 1.11 bits per heavy atom. The largest absolute Gasteiger partial charge is 0.308 e. The first-order valence-corrected chi connectivity index (χ1v) is 10.9. The van der Waals surface area contributed by atoms with Gasteiger partial charge in [-0.3, -0.25) is 9.69 Å². The second-order valence-electron chi connectivity index (χ2n) is 6.91. The van der Waals surface area contributed by atoms with Crippen molar-refractivity contribution in [2.45, 2.75) is 18.7 Å². The minimum Gasteiger partial charge on any atom is -0.308 e. The van der Waals surface area contributed by atoms with Crippen molar-refractivity contribution >= 4 is 56.8 Å². The summed E-state index contributed by atoms with van der Waals surface area (Å²) in [7, 11) is 4.03. The molecular weight excluding hydrogens is 410 g/mol. The Morgan fingerprint density at radius 2 is 1.79 bits per heavy atom. The number of amides is 1. The molecule has 0 N–H and O–H groups in total. The number of thioether (sulfide) groups is 1. The van der Waals surface area contributed by atoms with Crippen molar-refractivity contribution in [3.05, 3.63) is 53.1 Å². The van der Waals surface area contributed by atoms with Gasteiger partial charge in [-0.15, -0.1) is 24.2 Å². The van der Waals surface area contributed by atoms with Gasteiger partial charge in [-0.25, -0.2) is 4.98 Å². The average Bonchev–Trinajstić information content (AvgIpc) is 3.05. The summed E-state index contributed by atoms with van der Waals surface area (Å²) in [6.45, 7) is 5.55. The molecule has 0 spiro atoms. The highest BCUT2D eigenvalue weighted by Gasteiger charge is 2.22. The Balaban J connectivity index is 0.00000280. The molecule has 2 aromatic carbocycles. The van der Waals surface area contributed by atoms with Gasteiger partial charge in [-0.05, 0) is 75.7 Å². The molecule has 28 heavy (non-hydrogen) atoms. The molecule has 0 unspecified atom stereocenters. The standard InChI is InChI=1S/C21H25N3OS2.ClH/c1-14-12-15(2)19-18(13-14)27-21(22-19)24(11-10-23(3)4)20(25)16-6-8-17(26-5)9-7-16;/h6-9,12-13H,10-11H2,1-5H3;1H. The van der Waals surface area contributed by atoms with E-state index in [-0.39, 0.29) is 18.3 Å². The fourth-order valence-corrected chi connectivity index (χ4v) is 4.52. The lowest BCUT2D eigenvalue weighted by Crippen LogP contribution is -2.36. The first-order chi connectivity index (χ1) is 12.9. The fraction of sp³-hybridized carbons (Fsp3) is 0.333. The van der Waals surface area contributed by atoms with Gasteiger partial charge in [-0.2, -0.15) is 0 Å². The molecule has 0 saturated carbocycles. The summed E-state index contributed by atoms with van der Waals surface area (Å²) < 4.78 is 1.13. The second-order valence-corrected chi connectivity index (χ2v) is 8.80. The molecule has 0 saturated heterocycles. The van der Waals surface area contributed by atoms with Gasteiger partial charge >= 0.3 is 0 Å². The van der Waals surface area contributed by atoms with E-state index >= 15 is 0 Å². The number of carbonyl (C=O) groups excluding carboxylic acids is 1. The van der Waals surface area contributed by atoms with Crippen LogP contribution < -0.4 is 4.90 Å². The number of likely N-dealkylation sites (N-methyl/N-ethyl adjacent to an activating group) is 1. The quantitative estimate of drug-likeness (QED) is 0.494. The van der Waals surface area contributed by atoms with Crippen LogP contribution >= 0.6 is 35.5 Å². The van der Waals surface area contributed by atoms with Crippen LogP contribution in [-0.4, -0.2) is 49.2 Å². The van der Waals surface area contributed by atoms with Crippen LogP contribution in [0.1, 0.15) is 21.5 Å². The van der Waals surface area contributed by atoms with E-state index in [4.69, 9.17) is 4.98 Å². The van der Waals surface area contributed by atoms with Crippen LogP contribution in [-0.2, 0) is 0 Å². The first kappa shape index (κ1) is 22.7. The number of carbonyl (C=O) groups is 1. The molecule has 3 aromatic rings. The normalized spacial score (nSPS) is 10.9. The maximum Gasteiger partial charge on any atom is 0.260 e. The van der Waals surface area contributed by atoms with Crippen LogP contribution in [0.25, 0.3) is 10.2 Å². The highest BCUT2D eigenvalue weighted by atomic mass is 35.5. The summed E-state index contributed by atoms with van der Waals surface area (Å²) in [6.07, 6.45) is 2.03. The average molecular weight is 436 g/mol. The molecule has 1 amide bonds. The van der Waals surface area contributed by atoms with Crippen molar-refractivity contribution in [3.63, 3.8) is 0 Å². The molecule has 0 aliphatic carbocycles. The third-order valence-electron chi connectivity index (χ3n) is 4.40. The van der Waals surface area contributed by atoms with Gasteiger partial charge in [0.1, 0.15) is 0 Å². The number of aromatic nitrogens is 1. The Morgan fingerprint density at radius 3 is 2.39 bits per heavy atom. The summed E-state index contributed by atoms with van der Waals surface area (Å²) in [5.74, 6) is -0.00191. The smallest absolute Gasteiger partial charge is 0.260 e. The molecule has 7 heteroatoms. The molecule has 0 aliphatic rings. The number of anilines is 1. The van der Waals surface area contributed by atoms with Crippen LogP contribution in [0.15, 0.2) is 41.3 Å². The Hall–Kier alpha value is -1.60. The zero-order valence-electron chi connectivity index (χ0n) is 16.9. The zero-order chi connectivity index (χ0) is 19.6. The van der Waals surface area contributed by atoms with Crippen LogP contribution in [0.2, 0.25) is 0 Å². The predicted octanol–water partition coefficient (Wildman–Crippen LogP) is 5.27. The van der Waals surface area contributed by atoms with Crippen molar-refractivity contribution in [1.82, 2.24) is 9.88 Å². The molecular formula is C21H26ClN3OS2. The SMILES string of the molecule is CSc1ccc(C(=O)N(CCN(C)C)c2nc3c(C)cc(C)cc3s2)cc1.Cl. The summed E-state index contributed by atoms with van der Waals surface area (Å²) in [5.41, 5.74) is 4.05. The van der Waals surface area contributed by atoms with Crippen molar-refractivity contribution in [1.29, 1.82) is 0 Å². The minimum atomic E-state index is -0.00191. The van der Waals surface area contributed by atoms with Gasteiger partial charge in [0.15, 0.2) is 5.13 Å². The molecule has 1 aromatic heterocycles. The van der Waals surface area contributed by atoms with Gasteiger partial charge in [0.25, 0.3) is 5.91 Å². The van der Waals surface area contributed by atoms with Gasteiger partial charge in [0.05, 0.1) is 10.2 Å². The monoisotopic (exact) mass is 435 g/mol. The number of thiazole rings is 1. The highest BCUT2D eigenvalue weighted by molar-refractivity contribution is 7.98. The van der Waals surface area contributed by atoms with E-state index in [1.54, 1.807) is 23.1 Å². The third-order valence-corrected chi connectivity index (χ3v) is 6.17. The molecule has 0 fully saturated rings. The van der Waals surface area contributed by atoms with Crippen LogP contribution in [0.5, 0.6) is 0 Å². The van der Waals surface area contributed by atoms with Gasteiger partial charge in [-0.1, -0.05) is 17.4 Å². The van der Waals surface area contributed by atoms with Crippen LogP contribution in [0.3, 0.4) is 0 Å². The first-order valence-electron chi connectivity index (χ1n) is 8.87. The lowest BCUT2D eigenvalue weighted by Gasteiger charge is -2.22. The Labute approximate surface area is 181 Å². The number of aryl methyl sites for hydroxylation is 2. The lowest BCUT2D eigenvalue weighted by atomic mass is 10.1. The summed E-state index contributed by atoms with van der Waals surface area (Å²) in [4.78, 5) is 23.1. The number of hydrogen-bond donors (Lipinski definition) is 0. The number of nitrogens with zero attached hydrogens (tertiary/aromatic N) is 3. The molecule has 3 rings (SSSR count). The Bertz CT molecular complexity index is 954. The third kappa shape index (κ3) is 5.06. The van der Waals surface area contributed by atoms with E-state index in [0.717, 1.165) is 32.4 Å². The van der Waals surface area contributed by atoms with Crippen LogP contribution in [0.4, 0.5) is 5.13 Å². The van der Waals surface area contributed by atoms with Crippen molar-refractivity contribution < 1.29 is 4.79 Å². The molecule has 4 nitrogen and oxygen atoms in total. The predicted molar refractivity (Wildman–Crippen MR) is 125 cm³/mol. The van der Waals surface area contributed by atoms with Crippen molar-refractivity contribution in [3.8, 4) is 0 Å². The van der Waals surface area contributed by atoms with Gasteiger partial charge in [0, 0.05) is 23.5 Å². The topological polar surface area (TPSA) is 36.4 Å². The fourth-order valence-electron chi connectivity index (χ4n) is 2.95. The lowest BCUT2D eigenvalue weighted by molar-refractivity contribution is 0.0985. The summed E-state index contributed by atoms with van der Waals surface area (Å²) >= 11 is 3.26. The maximum absolute atomic E-state index is 13.3.